The number of halogens is 4. The Bertz CT molecular complexity index is 851. The largest absolute Gasteiger partial charge is 0.483 e. The normalized spacial score (nSPS) is 11.4. The lowest BCUT2D eigenvalue weighted by Crippen LogP contribution is -2.48. The third kappa shape index (κ3) is 6.77. The van der Waals surface area contributed by atoms with E-state index in [4.69, 9.17) is 44.3 Å². The molecule has 6 nitrogen and oxygen atoms in total. The maximum absolute atomic E-state index is 12.0. The van der Waals surface area contributed by atoms with Crippen LogP contribution in [0, 0.1) is 0 Å². The van der Waals surface area contributed by atoms with E-state index in [-0.39, 0.29) is 11.6 Å². The van der Waals surface area contributed by atoms with Crippen LogP contribution in [0.2, 0.25) is 15.1 Å². The zero-order valence-corrected chi connectivity index (χ0v) is 17.7. The van der Waals surface area contributed by atoms with E-state index in [9.17, 15) is 9.59 Å². The minimum absolute atomic E-state index is 0.271. The summed E-state index contributed by atoms with van der Waals surface area (Å²) in [4.78, 5) is 23.8. The molecule has 144 valence electrons. The molecule has 0 aliphatic rings. The number of nitrogens with one attached hydrogen (secondary N) is 2. The van der Waals surface area contributed by atoms with Gasteiger partial charge < -0.3 is 9.47 Å². The molecule has 1 atom stereocenters. The van der Waals surface area contributed by atoms with E-state index in [1.165, 1.54) is 13.0 Å². The van der Waals surface area contributed by atoms with Crippen LogP contribution in [0.3, 0.4) is 0 Å². The Morgan fingerprint density at radius 3 is 2.30 bits per heavy atom. The zero-order valence-electron chi connectivity index (χ0n) is 13.9. The van der Waals surface area contributed by atoms with Gasteiger partial charge in [0.05, 0.1) is 9.50 Å². The second-order valence-corrected chi connectivity index (χ2v) is 7.37. The average Bonchev–Trinajstić information content (AvgIpc) is 2.61. The molecule has 2 amide bonds. The second-order valence-electron chi connectivity index (χ2n) is 5.24. The van der Waals surface area contributed by atoms with Gasteiger partial charge in [0, 0.05) is 10.0 Å². The van der Waals surface area contributed by atoms with Crippen molar-refractivity contribution in [2.45, 2.75) is 13.0 Å². The van der Waals surface area contributed by atoms with Crippen molar-refractivity contribution in [3.8, 4) is 11.5 Å². The molecule has 10 heteroatoms. The zero-order chi connectivity index (χ0) is 20.0. The van der Waals surface area contributed by atoms with Gasteiger partial charge in [-0.3, -0.25) is 20.4 Å². The summed E-state index contributed by atoms with van der Waals surface area (Å²) >= 11 is 20.9. The Morgan fingerprint density at radius 1 is 1.04 bits per heavy atom. The van der Waals surface area contributed by atoms with Crippen LogP contribution < -0.4 is 20.3 Å². The summed E-state index contributed by atoms with van der Waals surface area (Å²) in [6.07, 6.45) is -0.907. The number of hydrogen-bond acceptors (Lipinski definition) is 4. The smallest absolute Gasteiger partial charge is 0.279 e. The van der Waals surface area contributed by atoms with E-state index in [0.29, 0.717) is 26.0 Å². The molecule has 0 saturated heterocycles. The van der Waals surface area contributed by atoms with Crippen LogP contribution in [0.5, 0.6) is 11.5 Å². The number of rotatable bonds is 6. The van der Waals surface area contributed by atoms with E-state index in [0.717, 1.165) is 0 Å². The van der Waals surface area contributed by atoms with E-state index in [1.807, 2.05) is 0 Å². The summed E-state index contributed by atoms with van der Waals surface area (Å²) in [5.74, 6) is -0.384. The van der Waals surface area contributed by atoms with E-state index in [1.54, 1.807) is 30.3 Å². The van der Waals surface area contributed by atoms with Crippen molar-refractivity contribution in [2.75, 3.05) is 6.61 Å². The third-order valence-electron chi connectivity index (χ3n) is 3.14. The second kappa shape index (κ2) is 10.0. The van der Waals surface area contributed by atoms with Crippen molar-refractivity contribution in [3.63, 3.8) is 0 Å². The summed E-state index contributed by atoms with van der Waals surface area (Å²) in [6, 6.07) is 9.51. The number of carbonyl (C=O) groups excluding carboxylic acids is 2. The molecule has 0 aromatic heterocycles. The van der Waals surface area contributed by atoms with Crippen LogP contribution in [-0.4, -0.2) is 24.5 Å². The Hall–Kier alpha value is -1.67. The Balaban J connectivity index is 1.79. The summed E-state index contributed by atoms with van der Waals surface area (Å²) < 4.78 is 11.4. The third-order valence-corrected chi connectivity index (χ3v) is 4.53. The van der Waals surface area contributed by atoms with Crippen LogP contribution >= 0.6 is 50.7 Å². The maximum atomic E-state index is 12.0. The van der Waals surface area contributed by atoms with Crippen molar-refractivity contribution in [2.24, 2.45) is 0 Å². The fraction of sp³-hybridized carbons (Fsp3) is 0.176. The molecule has 0 spiro atoms. The predicted octanol–water partition coefficient (Wildman–Crippen LogP) is 4.40. The quantitative estimate of drug-likeness (QED) is 0.581. The summed E-state index contributed by atoms with van der Waals surface area (Å²) in [5, 5.41) is 1.25. The molecule has 0 unspecified atom stereocenters. The fourth-order valence-electron chi connectivity index (χ4n) is 1.82. The van der Waals surface area contributed by atoms with Gasteiger partial charge in [0.1, 0.15) is 11.5 Å². The molecule has 0 aliphatic heterocycles. The molecular weight excluding hydrogens is 482 g/mol. The van der Waals surface area contributed by atoms with Gasteiger partial charge in [0.15, 0.2) is 12.7 Å². The van der Waals surface area contributed by atoms with Gasteiger partial charge >= 0.3 is 0 Å². The predicted molar refractivity (Wildman–Crippen MR) is 107 cm³/mol. The molecule has 0 fully saturated rings. The topological polar surface area (TPSA) is 76.7 Å². The van der Waals surface area contributed by atoms with Crippen molar-refractivity contribution in [1.29, 1.82) is 0 Å². The molecule has 0 heterocycles. The van der Waals surface area contributed by atoms with E-state index >= 15 is 0 Å². The molecule has 27 heavy (non-hydrogen) atoms. The van der Waals surface area contributed by atoms with Crippen LogP contribution in [0.25, 0.3) is 0 Å². The van der Waals surface area contributed by atoms with Gasteiger partial charge in [-0.15, -0.1) is 0 Å². The van der Waals surface area contributed by atoms with Gasteiger partial charge in [-0.25, -0.2) is 0 Å². The first-order valence-corrected chi connectivity index (χ1v) is 9.47. The number of ether oxygens (including phenoxy) is 2. The lowest BCUT2D eigenvalue weighted by atomic mass is 10.3. The van der Waals surface area contributed by atoms with Gasteiger partial charge in [0.2, 0.25) is 0 Å². The number of benzene rings is 2. The number of amides is 2. The van der Waals surface area contributed by atoms with E-state index in [2.05, 4.69) is 26.8 Å². The molecule has 0 aliphatic carbocycles. The molecule has 0 radical (unpaired) electrons. The van der Waals surface area contributed by atoms with Gasteiger partial charge in [0.25, 0.3) is 11.8 Å². The highest BCUT2D eigenvalue weighted by atomic mass is 79.9. The minimum Gasteiger partial charge on any atom is -0.483 e. The lowest BCUT2D eigenvalue weighted by Gasteiger charge is -2.16. The van der Waals surface area contributed by atoms with Gasteiger partial charge in [-0.1, -0.05) is 34.8 Å². The highest BCUT2D eigenvalue weighted by molar-refractivity contribution is 9.10. The summed E-state index contributed by atoms with van der Waals surface area (Å²) in [6.45, 7) is 1.20. The summed E-state index contributed by atoms with van der Waals surface area (Å²) in [7, 11) is 0. The molecule has 0 bridgehead atoms. The van der Waals surface area contributed by atoms with Crippen molar-refractivity contribution in [3.05, 3.63) is 55.9 Å². The highest BCUT2D eigenvalue weighted by Crippen LogP contribution is 2.29. The SMILES string of the molecule is C[C@@H](Oc1ccc(Cl)cc1Cl)C(=O)NNC(=O)COc1ccc(Cl)cc1Br. The molecule has 2 rings (SSSR count). The average molecular weight is 497 g/mol. The Labute approximate surface area is 179 Å². The number of hydrogen-bond donors (Lipinski definition) is 2. The van der Waals surface area contributed by atoms with Crippen LogP contribution in [0.15, 0.2) is 40.9 Å². The van der Waals surface area contributed by atoms with E-state index < -0.39 is 17.9 Å². The van der Waals surface area contributed by atoms with Crippen LogP contribution in [0.4, 0.5) is 0 Å². The molecular formula is C17H14BrCl3N2O4. The Kier molecular flexibility index (Phi) is 8.04. The Morgan fingerprint density at radius 2 is 1.67 bits per heavy atom. The van der Waals surface area contributed by atoms with Gasteiger partial charge in [-0.2, -0.15) is 0 Å². The van der Waals surface area contributed by atoms with Crippen molar-refractivity contribution >= 4 is 62.5 Å². The molecule has 2 N–H and O–H groups in total. The fourth-order valence-corrected chi connectivity index (χ4v) is 3.07. The molecule has 0 saturated carbocycles. The monoisotopic (exact) mass is 494 g/mol. The highest BCUT2D eigenvalue weighted by Gasteiger charge is 2.17. The maximum Gasteiger partial charge on any atom is 0.279 e. The van der Waals surface area contributed by atoms with Crippen LogP contribution in [0.1, 0.15) is 6.92 Å². The first-order valence-electron chi connectivity index (χ1n) is 7.54. The minimum atomic E-state index is -0.907. The standard InChI is InChI=1S/C17H14BrCl3N2O4/c1-9(27-15-5-3-11(20)7-13(15)21)17(25)23-22-16(24)8-26-14-4-2-10(19)6-12(14)18/h2-7,9H,8H2,1H3,(H,22,24)(H,23,25)/t9-/m1/s1. The van der Waals surface area contributed by atoms with Crippen molar-refractivity contribution in [1.82, 2.24) is 10.9 Å². The summed E-state index contributed by atoms with van der Waals surface area (Å²) in [5.41, 5.74) is 4.48. The van der Waals surface area contributed by atoms with Crippen LogP contribution in [-0.2, 0) is 9.59 Å². The first-order chi connectivity index (χ1) is 12.8. The number of hydrazine groups is 1. The van der Waals surface area contributed by atoms with Crippen molar-refractivity contribution < 1.29 is 19.1 Å². The lowest BCUT2D eigenvalue weighted by molar-refractivity contribution is -0.133. The first kappa shape index (κ1) is 21.6. The molecule has 2 aromatic rings. The van der Waals surface area contributed by atoms with Gasteiger partial charge in [-0.05, 0) is 59.3 Å². The molecule has 2 aromatic carbocycles. The number of carbonyl (C=O) groups is 2.